The molecule has 0 aromatic heterocycles. The van der Waals surface area contributed by atoms with Crippen LogP contribution in [0.2, 0.25) is 12.4 Å². The van der Waals surface area contributed by atoms with Gasteiger partial charge in [0, 0.05) is 0 Å². The van der Waals surface area contributed by atoms with Gasteiger partial charge in [0.05, 0.1) is 0 Å². The Kier molecular flexibility index (Phi) is 11.8. The number of halogens is 1. The molecule has 0 aliphatic heterocycles. The summed E-state index contributed by atoms with van der Waals surface area (Å²) < 4.78 is 4.83. The van der Waals surface area contributed by atoms with E-state index in [-0.39, 0.29) is 12.4 Å². The van der Waals surface area contributed by atoms with Crippen molar-refractivity contribution in [2.45, 2.75) is 53.9 Å². The molecule has 2 heteroatoms. The zero-order chi connectivity index (χ0) is 10.4. The van der Waals surface area contributed by atoms with E-state index < -0.39 is 21.8 Å². The maximum Gasteiger partial charge on any atom is -0.147 e. The van der Waals surface area contributed by atoms with Gasteiger partial charge < -0.3 is 0 Å². The second-order valence-corrected chi connectivity index (χ2v) is 12.2. The van der Waals surface area contributed by atoms with E-state index in [2.05, 4.69) is 41.5 Å². The summed E-state index contributed by atoms with van der Waals surface area (Å²) in [4.78, 5) is 0. The second kappa shape index (κ2) is 9.40. The van der Waals surface area contributed by atoms with Gasteiger partial charge in [-0.15, -0.1) is 12.4 Å². The Morgan fingerprint density at radius 2 is 0.857 bits per heavy atom. The molecule has 0 saturated heterocycles. The zero-order valence-corrected chi connectivity index (χ0v) is 14.0. The molecular weight excluding hydrogens is 271 g/mol. The molecule has 0 aromatic carbocycles. The maximum absolute atomic E-state index is 2.39. The zero-order valence-electron chi connectivity index (χ0n) is 10.8. The van der Waals surface area contributed by atoms with E-state index in [9.17, 15) is 0 Å². The van der Waals surface area contributed by atoms with E-state index in [1.54, 1.807) is 12.4 Å². The second-order valence-electron chi connectivity index (χ2n) is 5.54. The Balaban J connectivity index is 0. The van der Waals surface area contributed by atoms with Crippen LogP contribution in [0.25, 0.3) is 0 Å². The van der Waals surface area contributed by atoms with Crippen molar-refractivity contribution in [2.75, 3.05) is 0 Å². The third-order valence-corrected chi connectivity index (χ3v) is 12.4. The van der Waals surface area contributed by atoms with Crippen LogP contribution in [0, 0.1) is 17.8 Å². The van der Waals surface area contributed by atoms with E-state index >= 15 is 0 Å². The fourth-order valence-electron chi connectivity index (χ4n) is 1.98. The standard InChI is InChI=1S/3C4H9.ClH.Zr/c3*1-4(2)3;;/h3*4H,1H2,2-3H3;1H;. The molecule has 0 aliphatic rings. The largest absolute Gasteiger partial charge is 0.147 e. The maximum atomic E-state index is 2.39. The van der Waals surface area contributed by atoms with Crippen molar-refractivity contribution in [3.05, 3.63) is 0 Å². The van der Waals surface area contributed by atoms with E-state index in [4.69, 9.17) is 0 Å². The van der Waals surface area contributed by atoms with Crippen molar-refractivity contribution >= 4 is 12.4 Å². The Hall–Kier alpha value is 1.17. The fraction of sp³-hybridized carbons (Fsp3) is 1.00. The summed E-state index contributed by atoms with van der Waals surface area (Å²) in [5, 5.41) is 0. The molecule has 0 unspecified atom stereocenters. The molecule has 0 aromatic rings. The van der Waals surface area contributed by atoms with Crippen molar-refractivity contribution < 1.29 is 21.8 Å². The molecule has 0 rings (SSSR count). The van der Waals surface area contributed by atoms with E-state index in [1.165, 1.54) is 0 Å². The minimum Gasteiger partial charge on any atom is -0.147 e. The first-order valence-electron chi connectivity index (χ1n) is 5.75. The molecule has 0 amide bonds. The van der Waals surface area contributed by atoms with E-state index in [0.29, 0.717) is 0 Å². The van der Waals surface area contributed by atoms with Crippen molar-refractivity contribution in [3.63, 3.8) is 0 Å². The van der Waals surface area contributed by atoms with Crippen molar-refractivity contribution in [1.82, 2.24) is 0 Å². The van der Waals surface area contributed by atoms with Crippen LogP contribution in [-0.4, -0.2) is 0 Å². The van der Waals surface area contributed by atoms with Gasteiger partial charge in [-0.05, 0) is 0 Å². The summed E-state index contributed by atoms with van der Waals surface area (Å²) in [6.45, 7) is 14.3. The summed E-state index contributed by atoms with van der Waals surface area (Å²) in [5.41, 5.74) is 0. The summed E-state index contributed by atoms with van der Waals surface area (Å²) in [7, 11) is 0. The van der Waals surface area contributed by atoms with Crippen LogP contribution >= 0.6 is 12.4 Å². The molecule has 0 radical (unpaired) electrons. The van der Waals surface area contributed by atoms with Gasteiger partial charge in [-0.1, -0.05) is 0 Å². The Morgan fingerprint density at radius 1 is 0.643 bits per heavy atom. The monoisotopic (exact) mass is 297 g/mol. The summed E-state index contributed by atoms with van der Waals surface area (Å²) >= 11 is -0.976. The minimum atomic E-state index is -0.976. The van der Waals surface area contributed by atoms with Gasteiger partial charge in [0.15, 0.2) is 0 Å². The first-order chi connectivity index (χ1) is 5.91. The number of hydrogen-bond acceptors (Lipinski definition) is 0. The first-order valence-corrected chi connectivity index (χ1v) is 11.0. The average Bonchev–Trinajstić information content (AvgIpc) is 1.80. The molecule has 87 valence electrons. The van der Waals surface area contributed by atoms with Gasteiger partial charge in [-0.25, -0.2) is 0 Å². The molecule has 0 fully saturated rings. The SMILES string of the molecule is CC(C)[CH2][Zr]([CH2]C(C)C)[CH2]C(C)C.Cl. The molecule has 0 nitrogen and oxygen atoms in total. The van der Waals surface area contributed by atoms with Gasteiger partial charge in [0.2, 0.25) is 0 Å². The Bertz CT molecular complexity index is 97.7. The van der Waals surface area contributed by atoms with Gasteiger partial charge in [0.1, 0.15) is 0 Å². The first kappa shape index (κ1) is 17.6. The van der Waals surface area contributed by atoms with Crippen molar-refractivity contribution in [1.29, 1.82) is 0 Å². The fourth-order valence-corrected chi connectivity index (χ4v) is 11.7. The van der Waals surface area contributed by atoms with Crippen LogP contribution in [0.3, 0.4) is 0 Å². The molecule has 0 N–H and O–H groups in total. The summed E-state index contributed by atoms with van der Waals surface area (Å²) in [6, 6.07) is 0. The predicted octanol–water partition coefficient (Wildman–Crippen LogP) is 5.25. The molecule has 0 atom stereocenters. The van der Waals surface area contributed by atoms with Crippen LogP contribution in [0.4, 0.5) is 0 Å². The van der Waals surface area contributed by atoms with Gasteiger partial charge in [-0.3, -0.25) is 0 Å². The summed E-state index contributed by atoms with van der Waals surface area (Å²) in [6.07, 6.45) is 0. The molecular formula is C12H28ClZr. The molecule has 0 saturated carbocycles. The topological polar surface area (TPSA) is 0 Å². The molecule has 0 heterocycles. The van der Waals surface area contributed by atoms with E-state index in [1.807, 2.05) is 0 Å². The minimum absolute atomic E-state index is 0. The van der Waals surface area contributed by atoms with Gasteiger partial charge >= 0.3 is 93.4 Å². The van der Waals surface area contributed by atoms with Crippen LogP contribution < -0.4 is 0 Å². The number of hydrogen-bond donors (Lipinski definition) is 0. The normalized spacial score (nSPS) is 10.9. The van der Waals surface area contributed by atoms with Crippen LogP contribution in [0.15, 0.2) is 0 Å². The predicted molar refractivity (Wildman–Crippen MR) is 66.2 cm³/mol. The Morgan fingerprint density at radius 3 is 1.00 bits per heavy atom. The summed E-state index contributed by atoms with van der Waals surface area (Å²) in [5.74, 6) is 2.85. The van der Waals surface area contributed by atoms with Gasteiger partial charge in [0.25, 0.3) is 0 Å². The number of rotatable bonds is 6. The smallest absolute Gasteiger partial charge is 0.147 e. The van der Waals surface area contributed by atoms with Crippen LogP contribution in [-0.2, 0) is 21.8 Å². The quantitative estimate of drug-likeness (QED) is 0.628. The van der Waals surface area contributed by atoms with Crippen LogP contribution in [0.5, 0.6) is 0 Å². The van der Waals surface area contributed by atoms with Crippen molar-refractivity contribution in [2.24, 2.45) is 17.8 Å². The van der Waals surface area contributed by atoms with Crippen LogP contribution in [0.1, 0.15) is 41.5 Å². The Labute approximate surface area is 105 Å². The molecule has 14 heavy (non-hydrogen) atoms. The third-order valence-electron chi connectivity index (χ3n) is 2.09. The van der Waals surface area contributed by atoms with Crippen molar-refractivity contribution in [3.8, 4) is 0 Å². The molecule has 0 aliphatic carbocycles. The third kappa shape index (κ3) is 11.2. The van der Waals surface area contributed by atoms with E-state index in [0.717, 1.165) is 17.8 Å². The van der Waals surface area contributed by atoms with Gasteiger partial charge in [-0.2, -0.15) is 0 Å². The molecule has 0 bridgehead atoms. The average molecular weight is 299 g/mol. The molecule has 0 spiro atoms.